The highest BCUT2D eigenvalue weighted by Gasteiger charge is 2.48. The summed E-state index contributed by atoms with van der Waals surface area (Å²) in [5, 5.41) is 14.7. The Balaban J connectivity index is 1.27. The van der Waals surface area contributed by atoms with Crippen LogP contribution in [0.25, 0.3) is 21.9 Å². The molecule has 3 unspecified atom stereocenters. The molecule has 1 amide bonds. The van der Waals surface area contributed by atoms with Crippen LogP contribution in [-0.4, -0.2) is 66.8 Å². The van der Waals surface area contributed by atoms with Gasteiger partial charge in [0.1, 0.15) is 0 Å². The Kier molecular flexibility index (Phi) is 7.10. The lowest BCUT2D eigenvalue weighted by Crippen LogP contribution is -3.09. The number of hydrogen-bond acceptors (Lipinski definition) is 5. The molecular weight excluding hydrogens is 548 g/mol. The summed E-state index contributed by atoms with van der Waals surface area (Å²) in [4.78, 5) is 19.9. The second-order valence-corrected chi connectivity index (χ2v) is 13.0. The van der Waals surface area contributed by atoms with Crippen molar-refractivity contribution in [2.24, 2.45) is 0 Å². The number of rotatable bonds is 5. The zero-order valence-corrected chi connectivity index (χ0v) is 23.5. The number of aromatic nitrogens is 1. The fourth-order valence-electron chi connectivity index (χ4n) is 6.01. The number of fused-ring (bicyclic) bond motifs is 3. The Hall–Kier alpha value is -3.34. The van der Waals surface area contributed by atoms with Gasteiger partial charge in [0.25, 0.3) is 5.91 Å². The van der Waals surface area contributed by atoms with Gasteiger partial charge in [0, 0.05) is 48.9 Å². The topological polar surface area (TPSA) is 98.1 Å². The van der Waals surface area contributed by atoms with Crippen LogP contribution in [0, 0.1) is 5.21 Å². The van der Waals surface area contributed by atoms with Crippen LogP contribution in [0.2, 0.25) is 5.02 Å². The van der Waals surface area contributed by atoms with Gasteiger partial charge in [-0.15, -0.1) is 0 Å². The van der Waals surface area contributed by atoms with Crippen molar-refractivity contribution >= 4 is 38.3 Å². The molecule has 0 spiro atoms. The van der Waals surface area contributed by atoms with Gasteiger partial charge in [0.05, 0.1) is 30.1 Å². The van der Waals surface area contributed by atoms with Gasteiger partial charge in [-0.1, -0.05) is 35.9 Å². The van der Waals surface area contributed by atoms with E-state index in [1.807, 2.05) is 29.2 Å². The maximum absolute atomic E-state index is 13.8. The average Bonchev–Trinajstić information content (AvgIpc) is 2.96. The lowest BCUT2D eigenvalue weighted by atomic mass is 9.87. The van der Waals surface area contributed by atoms with Crippen molar-refractivity contribution < 1.29 is 18.3 Å². The van der Waals surface area contributed by atoms with Crippen LogP contribution in [0.1, 0.15) is 23.2 Å². The predicted octanol–water partition coefficient (Wildman–Crippen LogP) is 3.61. The van der Waals surface area contributed by atoms with Gasteiger partial charge in [-0.2, -0.15) is 4.31 Å². The second-order valence-electron chi connectivity index (χ2n) is 10.6. The molecule has 2 aliphatic heterocycles. The van der Waals surface area contributed by atoms with Gasteiger partial charge in [0.15, 0.2) is 0 Å². The van der Waals surface area contributed by atoms with Crippen molar-refractivity contribution in [3.8, 4) is 11.1 Å². The van der Waals surface area contributed by atoms with Crippen LogP contribution >= 0.6 is 11.6 Å². The molecule has 2 aliphatic rings. The number of carbonyl (C=O) groups is 1. The summed E-state index contributed by atoms with van der Waals surface area (Å²) >= 11 is 6.09. The molecule has 3 atom stereocenters. The number of benzene rings is 3. The highest BCUT2D eigenvalue weighted by atomic mass is 35.5. The monoisotopic (exact) mass is 576 g/mol. The maximum atomic E-state index is 13.8. The number of piperidine rings is 1. The third-order valence-electron chi connectivity index (χ3n) is 8.10. The first kappa shape index (κ1) is 26.9. The molecule has 10 heteroatoms. The number of piperazine rings is 1. The second kappa shape index (κ2) is 10.6. The molecule has 206 valence electrons. The number of hydrogen-bond donors (Lipinski definition) is 1. The molecule has 8 nitrogen and oxygen atoms in total. The summed E-state index contributed by atoms with van der Waals surface area (Å²) in [6.07, 6.45) is 4.33. The Morgan fingerprint density at radius 2 is 1.50 bits per heavy atom. The molecule has 6 rings (SSSR count). The molecule has 4 aromatic rings. The smallest absolute Gasteiger partial charge is 0.254 e. The molecule has 0 radical (unpaired) electrons. The molecule has 0 aliphatic carbocycles. The van der Waals surface area contributed by atoms with Crippen LogP contribution in [0.5, 0.6) is 0 Å². The number of nitrogens with zero attached hydrogens (tertiary/aromatic N) is 3. The van der Waals surface area contributed by atoms with Gasteiger partial charge >= 0.3 is 0 Å². The molecule has 3 aromatic carbocycles. The number of hydroxylamine groups is 2. The summed E-state index contributed by atoms with van der Waals surface area (Å²) in [6.45, 7) is 0.282. The van der Waals surface area contributed by atoms with E-state index in [4.69, 9.17) is 11.6 Å². The van der Waals surface area contributed by atoms with E-state index in [1.54, 1.807) is 68.0 Å². The van der Waals surface area contributed by atoms with E-state index in [0.717, 1.165) is 21.9 Å². The van der Waals surface area contributed by atoms with E-state index in [2.05, 4.69) is 4.98 Å². The molecule has 2 bridgehead atoms. The van der Waals surface area contributed by atoms with Crippen LogP contribution < -0.4 is 5.06 Å². The van der Waals surface area contributed by atoms with E-state index in [-0.39, 0.29) is 35.0 Å². The van der Waals surface area contributed by atoms with Gasteiger partial charge in [-0.05, 0) is 70.4 Å². The summed E-state index contributed by atoms with van der Waals surface area (Å²) in [7, 11) is -2.25. The average molecular weight is 577 g/mol. The highest BCUT2D eigenvalue weighted by Crippen LogP contribution is 2.34. The Morgan fingerprint density at radius 1 is 0.900 bits per heavy atom. The van der Waals surface area contributed by atoms with Crippen molar-refractivity contribution in [2.45, 2.75) is 35.9 Å². The molecule has 3 heterocycles. The van der Waals surface area contributed by atoms with Crippen LogP contribution in [0.3, 0.4) is 0 Å². The van der Waals surface area contributed by atoms with Crippen LogP contribution in [0.15, 0.2) is 90.1 Å². The molecular formula is C30H29ClN4O4S. The van der Waals surface area contributed by atoms with E-state index in [9.17, 15) is 18.4 Å². The number of amides is 1. The van der Waals surface area contributed by atoms with Crippen molar-refractivity contribution in [1.82, 2.24) is 14.2 Å². The third kappa shape index (κ3) is 5.00. The normalized spacial score (nSPS) is 22.3. The fourth-order valence-corrected chi connectivity index (χ4v) is 7.74. The quantitative estimate of drug-likeness (QED) is 0.366. The molecule has 40 heavy (non-hydrogen) atoms. The molecule has 2 saturated heterocycles. The first-order valence-electron chi connectivity index (χ1n) is 13.2. The third-order valence-corrected chi connectivity index (χ3v) is 10.2. The van der Waals surface area contributed by atoms with E-state index in [0.29, 0.717) is 23.4 Å². The molecule has 2 fully saturated rings. The highest BCUT2D eigenvalue weighted by molar-refractivity contribution is 7.89. The number of halogens is 1. The Labute approximate surface area is 238 Å². The summed E-state index contributed by atoms with van der Waals surface area (Å²) < 4.78 is 29.1. The molecule has 0 saturated carbocycles. The molecule has 1 aromatic heterocycles. The van der Waals surface area contributed by atoms with Crippen molar-refractivity contribution in [3.63, 3.8) is 0 Å². The zero-order chi connectivity index (χ0) is 28.0. The first-order chi connectivity index (χ1) is 19.2. The standard InChI is InChI=1S/C30H29ClN4O4S/c1-33(37)26-16-27-18-34(40(38,39)29-9-7-23-14-25(31)8-6-24(23)15-29)19-28(17-26)35(27)30(36)22-4-2-20(3-5-22)21-10-12-32-13-11-21/h2-15,26-28,33H,16-19H2,1H3. The van der Waals surface area contributed by atoms with Gasteiger partial charge < -0.3 is 15.2 Å². The van der Waals surface area contributed by atoms with Crippen molar-refractivity contribution in [2.75, 3.05) is 20.1 Å². The van der Waals surface area contributed by atoms with E-state index in [1.165, 1.54) is 4.31 Å². The number of quaternary nitrogens is 1. The number of nitrogens with one attached hydrogen (secondary N) is 1. The van der Waals surface area contributed by atoms with Crippen LogP contribution in [-0.2, 0) is 10.0 Å². The fraction of sp³-hybridized carbons (Fsp3) is 0.267. The largest absolute Gasteiger partial charge is 0.634 e. The summed E-state index contributed by atoms with van der Waals surface area (Å²) in [5.74, 6) is -0.141. The minimum Gasteiger partial charge on any atom is -0.634 e. The van der Waals surface area contributed by atoms with Gasteiger partial charge in [-0.25, -0.2) is 8.42 Å². The Morgan fingerprint density at radius 3 is 2.15 bits per heavy atom. The summed E-state index contributed by atoms with van der Waals surface area (Å²) in [5.41, 5.74) is 2.52. The van der Waals surface area contributed by atoms with Crippen molar-refractivity contribution in [3.05, 3.63) is 101 Å². The Bertz CT molecular complexity index is 1650. The SMILES string of the molecule is C[NH+]([O-])C1CC2CN(S(=O)(=O)c3ccc4cc(Cl)ccc4c3)CC(C1)N2C(=O)c1ccc(-c2ccncc2)cc1. The number of carbonyl (C=O) groups excluding carboxylic acids is 1. The minimum absolute atomic E-state index is 0.0771. The van der Waals surface area contributed by atoms with Crippen molar-refractivity contribution in [1.29, 1.82) is 0 Å². The summed E-state index contributed by atoms with van der Waals surface area (Å²) in [6, 6.07) is 20.6. The zero-order valence-electron chi connectivity index (χ0n) is 21.9. The van der Waals surface area contributed by atoms with E-state index < -0.39 is 22.1 Å². The first-order valence-corrected chi connectivity index (χ1v) is 15.1. The van der Waals surface area contributed by atoms with Crippen LogP contribution in [0.4, 0.5) is 0 Å². The number of pyridine rings is 1. The lowest BCUT2D eigenvalue weighted by Gasteiger charge is -2.52. The number of sulfonamides is 1. The van der Waals surface area contributed by atoms with E-state index >= 15 is 0 Å². The molecule has 1 N–H and O–H groups in total. The van der Waals surface area contributed by atoms with Gasteiger partial charge in [-0.3, -0.25) is 9.78 Å². The van der Waals surface area contributed by atoms with Gasteiger partial charge in [0.2, 0.25) is 10.0 Å². The minimum atomic E-state index is -3.82. The maximum Gasteiger partial charge on any atom is 0.254 e. The lowest BCUT2D eigenvalue weighted by molar-refractivity contribution is -0.857. The predicted molar refractivity (Wildman–Crippen MR) is 154 cm³/mol.